The summed E-state index contributed by atoms with van der Waals surface area (Å²) in [6.07, 6.45) is 5.78. The van der Waals surface area contributed by atoms with Crippen LogP contribution in [0.25, 0.3) is 0 Å². The molecule has 0 N–H and O–H groups in total. The summed E-state index contributed by atoms with van der Waals surface area (Å²) in [7, 11) is 0. The Labute approximate surface area is 137 Å². The van der Waals surface area contributed by atoms with Crippen LogP contribution in [-0.2, 0) is 23.8 Å². The van der Waals surface area contributed by atoms with Gasteiger partial charge in [0.15, 0.2) is 6.29 Å². The lowest BCUT2D eigenvalue weighted by Gasteiger charge is -2.59. The Hall–Kier alpha value is -1.36. The maximum Gasteiger partial charge on any atom is 0.330 e. The van der Waals surface area contributed by atoms with Crippen LogP contribution in [0.1, 0.15) is 52.4 Å². The van der Waals surface area contributed by atoms with Crippen molar-refractivity contribution in [3.8, 4) is 0 Å². The van der Waals surface area contributed by atoms with Gasteiger partial charge in [0.25, 0.3) is 0 Å². The molecule has 128 valence electrons. The summed E-state index contributed by atoms with van der Waals surface area (Å²) in [6.45, 7) is 7.62. The third-order valence-electron chi connectivity index (χ3n) is 5.60. The SMILES string of the molecule is C=CC(=O)OC12CC3CC(C1)CC(C(=O)OC(C)OCC)(C3)C2. The number of esters is 2. The molecule has 23 heavy (non-hydrogen) atoms. The van der Waals surface area contributed by atoms with E-state index in [1.54, 1.807) is 6.92 Å². The first kappa shape index (κ1) is 16.5. The van der Waals surface area contributed by atoms with Gasteiger partial charge in [-0.25, -0.2) is 4.79 Å². The molecule has 4 saturated carbocycles. The Bertz CT molecular complexity index is 498. The van der Waals surface area contributed by atoms with Crippen molar-refractivity contribution in [2.24, 2.45) is 17.3 Å². The number of hydrogen-bond acceptors (Lipinski definition) is 5. The highest BCUT2D eigenvalue weighted by atomic mass is 16.7. The van der Waals surface area contributed by atoms with E-state index in [9.17, 15) is 9.59 Å². The molecule has 3 atom stereocenters. The fraction of sp³-hybridized carbons (Fsp3) is 0.778. The van der Waals surface area contributed by atoms with Crippen LogP contribution in [0.3, 0.4) is 0 Å². The van der Waals surface area contributed by atoms with Crippen molar-refractivity contribution in [2.75, 3.05) is 6.61 Å². The van der Waals surface area contributed by atoms with Crippen LogP contribution in [0, 0.1) is 17.3 Å². The Morgan fingerprint density at radius 2 is 1.91 bits per heavy atom. The summed E-state index contributed by atoms with van der Waals surface area (Å²) in [5.41, 5.74) is -1.03. The van der Waals surface area contributed by atoms with Gasteiger partial charge in [-0.15, -0.1) is 0 Å². The van der Waals surface area contributed by atoms with Gasteiger partial charge in [-0.1, -0.05) is 6.58 Å². The quantitative estimate of drug-likeness (QED) is 0.427. The van der Waals surface area contributed by atoms with Crippen LogP contribution in [-0.4, -0.2) is 30.4 Å². The number of ether oxygens (including phenoxy) is 3. The summed E-state index contributed by atoms with van der Waals surface area (Å²) in [4.78, 5) is 24.6. The van der Waals surface area contributed by atoms with E-state index in [0.29, 0.717) is 24.9 Å². The zero-order valence-corrected chi connectivity index (χ0v) is 14.0. The van der Waals surface area contributed by atoms with E-state index in [1.807, 2.05) is 6.92 Å². The van der Waals surface area contributed by atoms with Crippen LogP contribution in [0.2, 0.25) is 0 Å². The zero-order chi connectivity index (χ0) is 16.7. The lowest BCUT2D eigenvalue weighted by molar-refractivity contribution is -0.222. The molecule has 4 aliphatic carbocycles. The Balaban J connectivity index is 1.78. The molecule has 4 bridgehead atoms. The molecule has 0 saturated heterocycles. The van der Waals surface area contributed by atoms with E-state index in [1.165, 1.54) is 6.08 Å². The smallest absolute Gasteiger partial charge is 0.330 e. The first-order valence-corrected chi connectivity index (χ1v) is 8.58. The summed E-state index contributed by atoms with van der Waals surface area (Å²) < 4.78 is 16.6. The normalized spacial score (nSPS) is 38.9. The van der Waals surface area contributed by atoms with E-state index in [4.69, 9.17) is 14.2 Å². The third kappa shape index (κ3) is 3.03. The van der Waals surface area contributed by atoms with Crippen LogP contribution in [0.4, 0.5) is 0 Å². The number of carbonyl (C=O) groups is 2. The van der Waals surface area contributed by atoms with E-state index in [0.717, 1.165) is 32.1 Å². The molecule has 0 spiro atoms. The monoisotopic (exact) mass is 322 g/mol. The molecule has 4 fully saturated rings. The maximum absolute atomic E-state index is 12.8. The van der Waals surface area contributed by atoms with Crippen molar-refractivity contribution in [1.29, 1.82) is 0 Å². The van der Waals surface area contributed by atoms with Gasteiger partial charge >= 0.3 is 11.9 Å². The lowest BCUT2D eigenvalue weighted by atomic mass is 9.48. The molecular weight excluding hydrogens is 296 g/mol. The first-order chi connectivity index (χ1) is 10.9. The highest BCUT2D eigenvalue weighted by molar-refractivity contribution is 5.82. The average molecular weight is 322 g/mol. The second-order valence-corrected chi connectivity index (χ2v) is 7.48. The second-order valence-electron chi connectivity index (χ2n) is 7.48. The van der Waals surface area contributed by atoms with Crippen molar-refractivity contribution in [3.63, 3.8) is 0 Å². The molecule has 5 heteroatoms. The molecule has 4 aliphatic rings. The highest BCUT2D eigenvalue weighted by Gasteiger charge is 2.63. The van der Waals surface area contributed by atoms with Gasteiger partial charge in [0, 0.05) is 19.1 Å². The van der Waals surface area contributed by atoms with E-state index < -0.39 is 23.3 Å². The predicted molar refractivity (Wildman–Crippen MR) is 83.3 cm³/mol. The number of carbonyl (C=O) groups excluding carboxylic acids is 2. The van der Waals surface area contributed by atoms with Gasteiger partial charge in [-0.3, -0.25) is 4.79 Å². The van der Waals surface area contributed by atoms with Crippen LogP contribution >= 0.6 is 0 Å². The summed E-state index contributed by atoms with van der Waals surface area (Å²) >= 11 is 0. The molecule has 0 aromatic heterocycles. The molecule has 4 rings (SSSR count). The Kier molecular flexibility index (Phi) is 4.25. The molecular formula is C18H26O5. The van der Waals surface area contributed by atoms with Crippen LogP contribution < -0.4 is 0 Å². The fourth-order valence-electron chi connectivity index (χ4n) is 5.34. The van der Waals surface area contributed by atoms with Gasteiger partial charge in [-0.05, 0) is 57.8 Å². The zero-order valence-electron chi connectivity index (χ0n) is 14.0. The average Bonchev–Trinajstić information content (AvgIpc) is 2.45. The van der Waals surface area contributed by atoms with Gasteiger partial charge in [0.1, 0.15) is 5.60 Å². The predicted octanol–water partition coefficient (Wildman–Crippen LogP) is 2.98. The largest absolute Gasteiger partial charge is 0.456 e. The van der Waals surface area contributed by atoms with Gasteiger partial charge in [-0.2, -0.15) is 0 Å². The topological polar surface area (TPSA) is 61.8 Å². The molecule has 0 amide bonds. The highest BCUT2D eigenvalue weighted by Crippen LogP contribution is 2.63. The van der Waals surface area contributed by atoms with Crippen LogP contribution in [0.15, 0.2) is 12.7 Å². The minimum atomic E-state index is -0.535. The molecule has 0 heterocycles. The molecule has 0 radical (unpaired) electrons. The van der Waals surface area contributed by atoms with Crippen molar-refractivity contribution in [3.05, 3.63) is 12.7 Å². The molecule has 5 nitrogen and oxygen atoms in total. The summed E-state index contributed by atoms with van der Waals surface area (Å²) in [5.74, 6) is 0.289. The minimum Gasteiger partial charge on any atom is -0.456 e. The van der Waals surface area contributed by atoms with E-state index in [2.05, 4.69) is 6.58 Å². The standard InChI is InChI=1S/C18H26O5/c1-4-15(19)23-18-9-13-6-14(10-18)8-17(7-13,11-18)16(20)22-12(3)21-5-2/h4,12-14H,1,5-11H2,2-3H3. The van der Waals surface area contributed by atoms with Crippen molar-refractivity contribution in [2.45, 2.75) is 64.3 Å². The fourth-order valence-corrected chi connectivity index (χ4v) is 5.34. The first-order valence-electron chi connectivity index (χ1n) is 8.58. The summed E-state index contributed by atoms with van der Waals surface area (Å²) in [6, 6.07) is 0. The molecule has 0 aliphatic heterocycles. The number of hydrogen-bond donors (Lipinski definition) is 0. The van der Waals surface area contributed by atoms with Crippen molar-refractivity contribution in [1.82, 2.24) is 0 Å². The summed E-state index contributed by atoms with van der Waals surface area (Å²) in [5, 5.41) is 0. The van der Waals surface area contributed by atoms with E-state index >= 15 is 0 Å². The van der Waals surface area contributed by atoms with Gasteiger partial charge < -0.3 is 14.2 Å². The Morgan fingerprint density at radius 3 is 2.48 bits per heavy atom. The van der Waals surface area contributed by atoms with Crippen molar-refractivity contribution < 1.29 is 23.8 Å². The van der Waals surface area contributed by atoms with E-state index in [-0.39, 0.29) is 5.97 Å². The van der Waals surface area contributed by atoms with Gasteiger partial charge in [0.05, 0.1) is 5.41 Å². The lowest BCUT2D eigenvalue weighted by Crippen LogP contribution is -2.60. The third-order valence-corrected chi connectivity index (χ3v) is 5.60. The Morgan fingerprint density at radius 1 is 1.26 bits per heavy atom. The minimum absolute atomic E-state index is 0.188. The van der Waals surface area contributed by atoms with Crippen molar-refractivity contribution >= 4 is 11.9 Å². The van der Waals surface area contributed by atoms with Gasteiger partial charge in [0.2, 0.25) is 0 Å². The maximum atomic E-state index is 12.8. The molecule has 0 aromatic rings. The number of rotatable bonds is 6. The molecule has 3 unspecified atom stereocenters. The molecule has 0 aromatic carbocycles. The second kappa shape index (κ2) is 5.93. The van der Waals surface area contributed by atoms with Crippen LogP contribution in [0.5, 0.6) is 0 Å².